The summed E-state index contributed by atoms with van der Waals surface area (Å²) in [6.45, 7) is 5.83. The Morgan fingerprint density at radius 3 is 2.43 bits per heavy atom. The number of aryl methyl sites for hydroxylation is 2. The van der Waals surface area contributed by atoms with E-state index in [1.54, 1.807) is 0 Å². The van der Waals surface area contributed by atoms with Crippen molar-refractivity contribution >= 4 is 12.6 Å². The second-order valence-corrected chi connectivity index (χ2v) is 3.77. The third-order valence-corrected chi connectivity index (χ3v) is 2.63. The zero-order chi connectivity index (χ0) is 9.97. The molecule has 1 aliphatic rings. The summed E-state index contributed by atoms with van der Waals surface area (Å²) >= 11 is 0. The summed E-state index contributed by atoms with van der Waals surface area (Å²) in [7, 11) is -0.150. The first-order chi connectivity index (χ1) is 6.77. The number of hydrogen-bond donors (Lipinski definition) is 0. The minimum Gasteiger partial charge on any atom is -0.407 e. The van der Waals surface area contributed by atoms with Gasteiger partial charge in [-0.05, 0) is 36.9 Å². The third kappa shape index (κ3) is 1.99. The van der Waals surface area contributed by atoms with Gasteiger partial charge in [0.25, 0.3) is 0 Å². The highest BCUT2D eigenvalue weighted by Gasteiger charge is 2.24. The molecule has 0 saturated carbocycles. The Balaban J connectivity index is 2.18. The molecule has 0 N–H and O–H groups in total. The van der Waals surface area contributed by atoms with E-state index in [-0.39, 0.29) is 7.12 Å². The lowest BCUT2D eigenvalue weighted by Crippen LogP contribution is -2.41. The first-order valence-electron chi connectivity index (χ1n) is 5.08. The van der Waals surface area contributed by atoms with Crippen LogP contribution in [0.5, 0.6) is 0 Å². The molecule has 2 rings (SSSR count). The molecule has 1 saturated heterocycles. The molecule has 0 radical (unpaired) electrons. The summed E-state index contributed by atoms with van der Waals surface area (Å²) in [6, 6.07) is 6.34. The fourth-order valence-corrected chi connectivity index (χ4v) is 1.59. The number of benzene rings is 1. The molecule has 1 aromatic carbocycles. The van der Waals surface area contributed by atoms with E-state index in [1.807, 2.05) is 0 Å². The summed E-state index contributed by atoms with van der Waals surface area (Å²) in [4.78, 5) is 0. The first kappa shape index (κ1) is 9.75. The Morgan fingerprint density at radius 1 is 1.07 bits per heavy atom. The molecule has 1 fully saturated rings. The highest BCUT2D eigenvalue weighted by molar-refractivity contribution is 6.61. The summed E-state index contributed by atoms with van der Waals surface area (Å²) in [5.74, 6) is 0. The molecule has 1 aromatic rings. The quantitative estimate of drug-likeness (QED) is 0.623. The van der Waals surface area contributed by atoms with Gasteiger partial charge in [0.2, 0.25) is 0 Å². The van der Waals surface area contributed by atoms with Crippen LogP contribution in [0.1, 0.15) is 17.5 Å². The van der Waals surface area contributed by atoms with Gasteiger partial charge in [-0.25, -0.2) is 0 Å². The van der Waals surface area contributed by atoms with Crippen LogP contribution in [0.25, 0.3) is 0 Å². The van der Waals surface area contributed by atoms with E-state index in [4.69, 9.17) is 9.31 Å². The topological polar surface area (TPSA) is 18.5 Å². The molecule has 3 heteroatoms. The van der Waals surface area contributed by atoms with Crippen LogP contribution in [0.4, 0.5) is 0 Å². The van der Waals surface area contributed by atoms with Crippen molar-refractivity contribution in [3.8, 4) is 0 Å². The summed E-state index contributed by atoms with van der Waals surface area (Å²) in [6.07, 6.45) is 1.00. The van der Waals surface area contributed by atoms with Gasteiger partial charge in [0.05, 0.1) is 0 Å². The highest BCUT2D eigenvalue weighted by atomic mass is 16.6. The lowest BCUT2D eigenvalue weighted by molar-refractivity contribution is 0.143. The van der Waals surface area contributed by atoms with E-state index in [0.717, 1.165) is 25.1 Å². The maximum atomic E-state index is 5.54. The summed E-state index contributed by atoms with van der Waals surface area (Å²) in [5.41, 5.74) is 3.73. The van der Waals surface area contributed by atoms with Crippen molar-refractivity contribution in [3.05, 3.63) is 29.3 Å². The Kier molecular flexibility index (Phi) is 2.89. The molecule has 0 aromatic heterocycles. The molecule has 1 aliphatic heterocycles. The predicted molar refractivity (Wildman–Crippen MR) is 57.8 cm³/mol. The average molecular weight is 190 g/mol. The van der Waals surface area contributed by atoms with Gasteiger partial charge < -0.3 is 9.31 Å². The zero-order valence-electron chi connectivity index (χ0n) is 8.75. The SMILES string of the molecule is Cc1ccc(B2OCCCO2)cc1C. The van der Waals surface area contributed by atoms with Gasteiger partial charge in [0, 0.05) is 13.2 Å². The van der Waals surface area contributed by atoms with Crippen molar-refractivity contribution in [2.45, 2.75) is 20.3 Å². The second kappa shape index (κ2) is 4.15. The molecule has 74 valence electrons. The van der Waals surface area contributed by atoms with Crippen LogP contribution in [-0.2, 0) is 9.31 Å². The Morgan fingerprint density at radius 2 is 1.79 bits per heavy atom. The average Bonchev–Trinajstić information content (AvgIpc) is 2.23. The van der Waals surface area contributed by atoms with Crippen LogP contribution in [0.15, 0.2) is 18.2 Å². The predicted octanol–water partition coefficient (Wildman–Crippen LogP) is 1.44. The van der Waals surface area contributed by atoms with Gasteiger partial charge in [0.1, 0.15) is 0 Å². The summed E-state index contributed by atoms with van der Waals surface area (Å²) in [5, 5.41) is 0. The fourth-order valence-electron chi connectivity index (χ4n) is 1.59. The first-order valence-corrected chi connectivity index (χ1v) is 5.08. The van der Waals surface area contributed by atoms with E-state index in [2.05, 4.69) is 32.0 Å². The third-order valence-electron chi connectivity index (χ3n) is 2.63. The number of hydrogen-bond acceptors (Lipinski definition) is 2. The van der Waals surface area contributed by atoms with Crippen molar-refractivity contribution in [1.29, 1.82) is 0 Å². The minimum absolute atomic E-state index is 0.150. The van der Waals surface area contributed by atoms with Gasteiger partial charge >= 0.3 is 7.12 Å². The van der Waals surface area contributed by atoms with Crippen molar-refractivity contribution in [2.24, 2.45) is 0 Å². The molecule has 14 heavy (non-hydrogen) atoms. The van der Waals surface area contributed by atoms with Crippen LogP contribution in [0.2, 0.25) is 0 Å². The summed E-state index contributed by atoms with van der Waals surface area (Å²) < 4.78 is 11.1. The van der Waals surface area contributed by atoms with Crippen LogP contribution >= 0.6 is 0 Å². The molecule has 0 unspecified atom stereocenters. The molecule has 0 spiro atoms. The molecular formula is C11H15BO2. The molecule has 0 amide bonds. The van der Waals surface area contributed by atoms with Crippen molar-refractivity contribution in [3.63, 3.8) is 0 Å². The van der Waals surface area contributed by atoms with Gasteiger partial charge in [0.15, 0.2) is 0 Å². The minimum atomic E-state index is -0.150. The highest BCUT2D eigenvalue weighted by Crippen LogP contribution is 2.07. The Hall–Kier alpha value is -0.795. The van der Waals surface area contributed by atoms with Gasteiger partial charge in [-0.15, -0.1) is 0 Å². The molecule has 0 atom stereocenters. The lowest BCUT2D eigenvalue weighted by atomic mass is 9.77. The zero-order valence-corrected chi connectivity index (χ0v) is 8.75. The van der Waals surface area contributed by atoms with Crippen molar-refractivity contribution in [1.82, 2.24) is 0 Å². The van der Waals surface area contributed by atoms with Crippen molar-refractivity contribution < 1.29 is 9.31 Å². The number of rotatable bonds is 1. The molecule has 0 aliphatic carbocycles. The standard InChI is InChI=1S/C11H15BO2/c1-9-4-5-11(8-10(9)2)12-13-6-3-7-14-12/h4-5,8H,3,6-7H2,1-2H3. The molecule has 1 heterocycles. The maximum absolute atomic E-state index is 5.54. The normalized spacial score (nSPS) is 17.1. The van der Waals surface area contributed by atoms with E-state index in [9.17, 15) is 0 Å². The Labute approximate surface area is 85.4 Å². The molecule has 2 nitrogen and oxygen atoms in total. The van der Waals surface area contributed by atoms with Crippen LogP contribution in [0.3, 0.4) is 0 Å². The lowest BCUT2D eigenvalue weighted by Gasteiger charge is -2.20. The molecular weight excluding hydrogens is 175 g/mol. The van der Waals surface area contributed by atoms with E-state index in [1.165, 1.54) is 11.1 Å². The monoisotopic (exact) mass is 190 g/mol. The van der Waals surface area contributed by atoms with E-state index < -0.39 is 0 Å². The second-order valence-electron chi connectivity index (χ2n) is 3.77. The van der Waals surface area contributed by atoms with Gasteiger partial charge in [-0.3, -0.25) is 0 Å². The Bertz CT molecular complexity index is 319. The van der Waals surface area contributed by atoms with Crippen molar-refractivity contribution in [2.75, 3.05) is 13.2 Å². The van der Waals surface area contributed by atoms with Gasteiger partial charge in [-0.2, -0.15) is 0 Å². The smallest absolute Gasteiger partial charge is 0.407 e. The maximum Gasteiger partial charge on any atom is 0.493 e. The van der Waals surface area contributed by atoms with Gasteiger partial charge in [-0.1, -0.05) is 18.2 Å². The van der Waals surface area contributed by atoms with Crippen LogP contribution in [-0.4, -0.2) is 20.3 Å². The van der Waals surface area contributed by atoms with E-state index in [0.29, 0.717) is 0 Å². The largest absolute Gasteiger partial charge is 0.493 e. The molecule has 0 bridgehead atoms. The van der Waals surface area contributed by atoms with E-state index >= 15 is 0 Å². The van der Waals surface area contributed by atoms with Crippen LogP contribution in [0, 0.1) is 13.8 Å². The van der Waals surface area contributed by atoms with Crippen LogP contribution < -0.4 is 5.46 Å². The fraction of sp³-hybridized carbons (Fsp3) is 0.455.